The second-order valence-electron chi connectivity index (χ2n) is 8.99. The number of ether oxygens (including phenoxy) is 2. The summed E-state index contributed by atoms with van der Waals surface area (Å²) in [6, 6.07) is 4.04. The minimum absolute atomic E-state index is 0.576. The molecule has 1 aliphatic rings. The quantitative estimate of drug-likeness (QED) is 0.477. The van der Waals surface area contributed by atoms with Gasteiger partial charge in [-0.15, -0.1) is 0 Å². The first kappa shape index (κ1) is 21.5. The number of hydrogen-bond donors (Lipinski definition) is 0. The zero-order valence-electron chi connectivity index (χ0n) is 19.6. The van der Waals surface area contributed by atoms with Gasteiger partial charge in [-0.25, -0.2) is 4.98 Å². The molecule has 1 fully saturated rings. The topological polar surface area (TPSA) is 51.9 Å². The molecule has 6 nitrogen and oxygen atoms in total. The highest BCUT2D eigenvalue weighted by Gasteiger charge is 2.29. The van der Waals surface area contributed by atoms with E-state index in [2.05, 4.69) is 30.1 Å². The number of imidazole rings is 1. The fourth-order valence-electron chi connectivity index (χ4n) is 4.34. The van der Waals surface area contributed by atoms with Gasteiger partial charge in [0.05, 0.1) is 25.5 Å². The highest BCUT2D eigenvalue weighted by Crippen LogP contribution is 2.41. The molecule has 166 valence electrons. The van der Waals surface area contributed by atoms with Gasteiger partial charge in [0.15, 0.2) is 5.65 Å². The van der Waals surface area contributed by atoms with Gasteiger partial charge in [-0.1, -0.05) is 20.8 Å². The van der Waals surface area contributed by atoms with E-state index < -0.39 is 0 Å². The number of benzene rings is 1. The summed E-state index contributed by atoms with van der Waals surface area (Å²) in [5.74, 6) is 4.07. The first-order valence-corrected chi connectivity index (χ1v) is 11.3. The second-order valence-corrected chi connectivity index (χ2v) is 8.99. The minimum atomic E-state index is 0.576. The molecular formula is C25H34N4O2. The molecule has 1 aliphatic carbocycles. The summed E-state index contributed by atoms with van der Waals surface area (Å²) < 4.78 is 13.7. The van der Waals surface area contributed by atoms with E-state index in [1.165, 1.54) is 18.7 Å². The minimum Gasteiger partial charge on any atom is -0.496 e. The summed E-state index contributed by atoms with van der Waals surface area (Å²) in [6.07, 6.45) is 7.43. The van der Waals surface area contributed by atoms with Crippen LogP contribution in [-0.2, 0) is 6.42 Å². The Kier molecular flexibility index (Phi) is 6.08. The fraction of sp³-hybridized carbons (Fsp3) is 0.520. The van der Waals surface area contributed by atoms with E-state index >= 15 is 0 Å². The molecule has 0 saturated heterocycles. The molecule has 0 unspecified atom stereocenters. The van der Waals surface area contributed by atoms with E-state index in [1.54, 1.807) is 14.2 Å². The molecule has 0 radical (unpaired) electrons. The van der Waals surface area contributed by atoms with Crippen LogP contribution in [0.5, 0.6) is 11.5 Å². The van der Waals surface area contributed by atoms with Crippen LogP contribution < -0.4 is 14.4 Å². The number of fused-ring (bicyclic) bond motifs is 1. The highest BCUT2D eigenvalue weighted by molar-refractivity contribution is 5.84. The van der Waals surface area contributed by atoms with Gasteiger partial charge in [0.25, 0.3) is 0 Å². The standard InChI is InChI=1S/C25H34N4O2/c1-7-19-25(28(14-16(2)3)15-18-8-9-18)29-11-10-26-23(24(29)27-19)22-20(30-5)12-17(4)13-21(22)31-6/h10-13,16,18H,7-9,14-15H2,1-6H3. The van der Waals surface area contributed by atoms with Crippen LogP contribution in [0.15, 0.2) is 24.5 Å². The Hall–Kier alpha value is -2.76. The molecule has 2 aromatic heterocycles. The van der Waals surface area contributed by atoms with Crippen LogP contribution in [0.25, 0.3) is 16.9 Å². The summed E-state index contributed by atoms with van der Waals surface area (Å²) in [4.78, 5) is 12.4. The van der Waals surface area contributed by atoms with Crippen molar-refractivity contribution in [1.82, 2.24) is 14.4 Å². The molecule has 3 aromatic rings. The van der Waals surface area contributed by atoms with Crippen LogP contribution in [0.1, 0.15) is 44.9 Å². The first-order chi connectivity index (χ1) is 15.0. The molecule has 0 N–H and O–H groups in total. The predicted octanol–water partition coefficient (Wildman–Crippen LogP) is 5.16. The Balaban J connectivity index is 1.93. The Bertz CT molecular complexity index is 1040. The predicted molar refractivity (Wildman–Crippen MR) is 125 cm³/mol. The van der Waals surface area contributed by atoms with Crippen LogP contribution in [0, 0.1) is 18.8 Å². The SMILES string of the molecule is CCc1nc2c(-c3c(OC)cc(C)cc3OC)nccn2c1N(CC(C)C)CC1CC1. The van der Waals surface area contributed by atoms with Gasteiger partial charge < -0.3 is 14.4 Å². The van der Waals surface area contributed by atoms with Gasteiger partial charge in [0.1, 0.15) is 23.0 Å². The summed E-state index contributed by atoms with van der Waals surface area (Å²) in [7, 11) is 3.37. The van der Waals surface area contributed by atoms with Gasteiger partial charge >= 0.3 is 0 Å². The first-order valence-electron chi connectivity index (χ1n) is 11.3. The molecule has 0 atom stereocenters. The molecule has 0 spiro atoms. The van der Waals surface area contributed by atoms with Crippen molar-refractivity contribution < 1.29 is 9.47 Å². The number of methoxy groups -OCH3 is 2. The fourth-order valence-corrected chi connectivity index (χ4v) is 4.34. The number of aryl methyl sites for hydroxylation is 2. The monoisotopic (exact) mass is 422 g/mol. The summed E-state index contributed by atoms with van der Waals surface area (Å²) in [5, 5.41) is 0. The van der Waals surface area contributed by atoms with Crippen LogP contribution >= 0.6 is 0 Å². The van der Waals surface area contributed by atoms with Crippen LogP contribution in [0.3, 0.4) is 0 Å². The summed E-state index contributed by atoms with van der Waals surface area (Å²) >= 11 is 0. The summed E-state index contributed by atoms with van der Waals surface area (Å²) in [6.45, 7) is 10.9. The van der Waals surface area contributed by atoms with Crippen molar-refractivity contribution in [3.8, 4) is 22.8 Å². The molecule has 1 aromatic carbocycles. The van der Waals surface area contributed by atoms with Gasteiger partial charge in [0, 0.05) is 25.5 Å². The lowest BCUT2D eigenvalue weighted by molar-refractivity contribution is 0.396. The van der Waals surface area contributed by atoms with Crippen molar-refractivity contribution in [2.24, 2.45) is 11.8 Å². The maximum absolute atomic E-state index is 5.73. The van der Waals surface area contributed by atoms with E-state index in [9.17, 15) is 0 Å². The molecule has 0 amide bonds. The zero-order valence-corrected chi connectivity index (χ0v) is 19.6. The summed E-state index contributed by atoms with van der Waals surface area (Å²) in [5.41, 5.74) is 4.67. The van der Waals surface area contributed by atoms with Crippen molar-refractivity contribution >= 4 is 11.5 Å². The van der Waals surface area contributed by atoms with E-state index in [4.69, 9.17) is 19.4 Å². The lowest BCUT2D eigenvalue weighted by atomic mass is 10.1. The molecule has 0 aliphatic heterocycles. The van der Waals surface area contributed by atoms with Crippen LogP contribution in [0.2, 0.25) is 0 Å². The van der Waals surface area contributed by atoms with Gasteiger partial charge in [0.2, 0.25) is 0 Å². The van der Waals surface area contributed by atoms with Crippen molar-refractivity contribution in [3.63, 3.8) is 0 Å². The average molecular weight is 423 g/mol. The van der Waals surface area contributed by atoms with E-state index in [0.717, 1.165) is 65.1 Å². The smallest absolute Gasteiger partial charge is 0.165 e. The number of hydrogen-bond acceptors (Lipinski definition) is 5. The molecule has 0 bridgehead atoms. The Morgan fingerprint density at radius 2 is 1.84 bits per heavy atom. The third-order valence-electron chi connectivity index (χ3n) is 5.87. The van der Waals surface area contributed by atoms with Gasteiger partial charge in [-0.05, 0) is 55.7 Å². The molecule has 4 rings (SSSR count). The van der Waals surface area contributed by atoms with Crippen LogP contribution in [0.4, 0.5) is 5.82 Å². The maximum Gasteiger partial charge on any atom is 0.165 e. The normalized spacial score (nSPS) is 13.8. The third kappa shape index (κ3) is 4.21. The van der Waals surface area contributed by atoms with Crippen LogP contribution in [-0.4, -0.2) is 41.7 Å². The molecule has 6 heteroatoms. The molecule has 2 heterocycles. The largest absolute Gasteiger partial charge is 0.496 e. The Morgan fingerprint density at radius 3 is 2.39 bits per heavy atom. The lowest BCUT2D eigenvalue weighted by Crippen LogP contribution is -2.31. The van der Waals surface area contributed by atoms with E-state index in [1.807, 2.05) is 31.5 Å². The van der Waals surface area contributed by atoms with Gasteiger partial charge in [-0.3, -0.25) is 9.38 Å². The Morgan fingerprint density at radius 1 is 1.16 bits per heavy atom. The molecular weight excluding hydrogens is 388 g/mol. The zero-order chi connectivity index (χ0) is 22.1. The van der Waals surface area contributed by atoms with Crippen molar-refractivity contribution in [1.29, 1.82) is 0 Å². The second kappa shape index (κ2) is 8.77. The number of aromatic nitrogens is 3. The number of anilines is 1. The Labute approximate surface area is 185 Å². The number of rotatable bonds is 9. The van der Waals surface area contributed by atoms with Crippen molar-refractivity contribution in [2.45, 2.75) is 47.0 Å². The van der Waals surface area contributed by atoms with Crippen molar-refractivity contribution in [2.75, 3.05) is 32.2 Å². The molecule has 1 saturated carbocycles. The van der Waals surface area contributed by atoms with E-state index in [0.29, 0.717) is 5.92 Å². The lowest BCUT2D eigenvalue weighted by Gasteiger charge is -2.27. The van der Waals surface area contributed by atoms with Crippen molar-refractivity contribution in [3.05, 3.63) is 35.8 Å². The highest BCUT2D eigenvalue weighted by atomic mass is 16.5. The average Bonchev–Trinajstić information content (AvgIpc) is 3.48. The maximum atomic E-state index is 5.73. The van der Waals surface area contributed by atoms with Gasteiger partial charge in [-0.2, -0.15) is 0 Å². The third-order valence-corrected chi connectivity index (χ3v) is 5.87. The van der Waals surface area contributed by atoms with E-state index in [-0.39, 0.29) is 0 Å². The molecule has 31 heavy (non-hydrogen) atoms. The number of nitrogens with zero attached hydrogens (tertiary/aromatic N) is 4.